The van der Waals surface area contributed by atoms with Gasteiger partial charge in [-0.15, -0.1) is 0 Å². The van der Waals surface area contributed by atoms with E-state index in [9.17, 15) is 4.79 Å². The second-order valence-electron chi connectivity index (χ2n) is 2.83. The van der Waals surface area contributed by atoms with E-state index in [1.54, 1.807) is 7.05 Å². The standard InChI is InChI=1S/C8H12N2O3/c1-5(11)3-6(9-2)7-4-8(12)10-13-7/h4,6,9H,3H2,1-2H3,(H,10,12)/t6-/m1/s1. The van der Waals surface area contributed by atoms with Crippen LogP contribution in [-0.2, 0) is 4.79 Å². The summed E-state index contributed by atoms with van der Waals surface area (Å²) in [6.45, 7) is 1.50. The van der Waals surface area contributed by atoms with Gasteiger partial charge in [0.05, 0.1) is 6.04 Å². The van der Waals surface area contributed by atoms with Gasteiger partial charge in [0, 0.05) is 12.5 Å². The normalized spacial score (nSPS) is 12.8. The molecule has 0 aromatic carbocycles. The molecule has 0 fully saturated rings. The van der Waals surface area contributed by atoms with Gasteiger partial charge in [-0.25, -0.2) is 0 Å². The number of ketones is 1. The highest BCUT2D eigenvalue weighted by Crippen LogP contribution is 2.19. The molecular formula is C8H12N2O3. The highest BCUT2D eigenvalue weighted by Gasteiger charge is 2.16. The number of hydrogen-bond acceptors (Lipinski definition) is 5. The van der Waals surface area contributed by atoms with Gasteiger partial charge in [0.15, 0.2) is 5.76 Å². The van der Waals surface area contributed by atoms with Crippen LogP contribution in [0.25, 0.3) is 0 Å². The van der Waals surface area contributed by atoms with Crippen molar-refractivity contribution >= 4 is 5.78 Å². The number of hydrogen-bond donors (Lipinski definition) is 2. The summed E-state index contributed by atoms with van der Waals surface area (Å²) in [6, 6.07) is 1.18. The van der Waals surface area contributed by atoms with Crippen LogP contribution in [0.3, 0.4) is 0 Å². The van der Waals surface area contributed by atoms with Crippen LogP contribution in [0, 0.1) is 0 Å². The van der Waals surface area contributed by atoms with Crippen LogP contribution in [0.15, 0.2) is 10.6 Å². The van der Waals surface area contributed by atoms with Gasteiger partial charge in [0.25, 0.3) is 5.88 Å². The Hall–Kier alpha value is -1.36. The van der Waals surface area contributed by atoms with E-state index in [1.165, 1.54) is 13.0 Å². The molecule has 0 bridgehead atoms. The SMILES string of the molecule is CN[C@H](CC(C)=O)c1cc(O)no1. The van der Waals surface area contributed by atoms with Crippen molar-refractivity contribution in [2.75, 3.05) is 7.05 Å². The molecule has 0 unspecified atom stereocenters. The lowest BCUT2D eigenvalue weighted by molar-refractivity contribution is -0.117. The zero-order valence-corrected chi connectivity index (χ0v) is 7.57. The summed E-state index contributed by atoms with van der Waals surface area (Å²) in [5.74, 6) is 0.351. The van der Waals surface area contributed by atoms with Crippen LogP contribution in [0.1, 0.15) is 25.1 Å². The molecule has 0 aliphatic carbocycles. The average Bonchev–Trinajstić information content (AvgIpc) is 2.47. The second kappa shape index (κ2) is 4.04. The predicted octanol–water partition coefficient (Wildman–Crippen LogP) is 0.620. The number of nitrogens with zero attached hydrogens (tertiary/aromatic N) is 1. The average molecular weight is 184 g/mol. The Morgan fingerprint density at radius 3 is 2.92 bits per heavy atom. The van der Waals surface area contributed by atoms with E-state index in [4.69, 9.17) is 9.63 Å². The van der Waals surface area contributed by atoms with Crippen molar-refractivity contribution in [2.45, 2.75) is 19.4 Å². The molecule has 0 aliphatic rings. The van der Waals surface area contributed by atoms with Gasteiger partial charge in [-0.1, -0.05) is 0 Å². The number of rotatable bonds is 4. The van der Waals surface area contributed by atoms with Crippen LogP contribution in [-0.4, -0.2) is 23.1 Å². The molecule has 0 aliphatic heterocycles. The number of carbonyl (C=O) groups excluding carboxylic acids is 1. The minimum Gasteiger partial charge on any atom is -0.491 e. The minimum atomic E-state index is -0.217. The van der Waals surface area contributed by atoms with E-state index in [0.717, 1.165) is 0 Å². The monoisotopic (exact) mass is 184 g/mol. The Morgan fingerprint density at radius 1 is 1.85 bits per heavy atom. The van der Waals surface area contributed by atoms with Gasteiger partial charge in [0.1, 0.15) is 5.78 Å². The van der Waals surface area contributed by atoms with Gasteiger partial charge in [-0.05, 0) is 19.1 Å². The third kappa shape index (κ3) is 2.55. The van der Waals surface area contributed by atoms with Gasteiger partial charge >= 0.3 is 0 Å². The molecule has 1 atom stereocenters. The molecule has 1 heterocycles. The van der Waals surface area contributed by atoms with Crippen molar-refractivity contribution in [3.05, 3.63) is 11.8 Å². The zero-order valence-electron chi connectivity index (χ0n) is 7.57. The van der Waals surface area contributed by atoms with Crippen molar-refractivity contribution in [3.8, 4) is 5.88 Å². The Kier molecular flexibility index (Phi) is 3.02. The van der Waals surface area contributed by atoms with Crippen LogP contribution in [0.5, 0.6) is 5.88 Å². The first-order valence-electron chi connectivity index (χ1n) is 3.95. The lowest BCUT2D eigenvalue weighted by atomic mass is 10.1. The number of aromatic nitrogens is 1. The Labute approximate surface area is 75.7 Å². The van der Waals surface area contributed by atoms with Crippen LogP contribution >= 0.6 is 0 Å². The number of carbonyl (C=O) groups is 1. The van der Waals surface area contributed by atoms with Gasteiger partial charge < -0.3 is 14.9 Å². The van der Waals surface area contributed by atoms with E-state index < -0.39 is 0 Å². The highest BCUT2D eigenvalue weighted by atomic mass is 16.5. The first kappa shape index (κ1) is 9.73. The Morgan fingerprint density at radius 2 is 2.54 bits per heavy atom. The Balaban J connectivity index is 2.72. The maximum absolute atomic E-state index is 10.8. The molecule has 0 saturated carbocycles. The van der Waals surface area contributed by atoms with E-state index in [-0.39, 0.29) is 17.7 Å². The molecular weight excluding hydrogens is 172 g/mol. The van der Waals surface area contributed by atoms with Crippen molar-refractivity contribution in [1.82, 2.24) is 10.5 Å². The van der Waals surface area contributed by atoms with Crippen molar-refractivity contribution in [1.29, 1.82) is 0 Å². The number of aromatic hydroxyl groups is 1. The molecule has 0 saturated heterocycles. The van der Waals surface area contributed by atoms with Crippen LogP contribution in [0.2, 0.25) is 0 Å². The molecule has 0 radical (unpaired) electrons. The molecule has 1 aromatic heterocycles. The zero-order chi connectivity index (χ0) is 9.84. The molecule has 5 heteroatoms. The molecule has 72 valence electrons. The van der Waals surface area contributed by atoms with Crippen LogP contribution < -0.4 is 5.32 Å². The third-order valence-corrected chi connectivity index (χ3v) is 1.70. The van der Waals surface area contributed by atoms with Gasteiger partial charge in [-0.2, -0.15) is 0 Å². The number of Topliss-reactive ketones (excluding diaryl/α,β-unsaturated/α-hetero) is 1. The first-order chi connectivity index (χ1) is 6.13. The molecule has 0 amide bonds. The summed E-state index contributed by atoms with van der Waals surface area (Å²) in [7, 11) is 1.72. The molecule has 13 heavy (non-hydrogen) atoms. The van der Waals surface area contributed by atoms with E-state index in [1.807, 2.05) is 0 Å². The van der Waals surface area contributed by atoms with E-state index in [2.05, 4.69) is 10.5 Å². The van der Waals surface area contributed by atoms with Crippen molar-refractivity contribution < 1.29 is 14.4 Å². The maximum Gasteiger partial charge on any atom is 0.251 e. The lowest BCUT2D eigenvalue weighted by Crippen LogP contribution is -2.18. The molecule has 1 aromatic rings. The number of nitrogens with one attached hydrogen (secondary N) is 1. The van der Waals surface area contributed by atoms with Gasteiger partial charge in [0.2, 0.25) is 0 Å². The quantitative estimate of drug-likeness (QED) is 0.717. The molecule has 2 N–H and O–H groups in total. The summed E-state index contributed by atoms with van der Waals surface area (Å²) in [4.78, 5) is 10.8. The minimum absolute atomic E-state index is 0.0511. The summed E-state index contributed by atoms with van der Waals surface area (Å²) >= 11 is 0. The summed E-state index contributed by atoms with van der Waals surface area (Å²) in [6.07, 6.45) is 0.325. The molecule has 0 spiro atoms. The Bertz CT molecular complexity index is 295. The fourth-order valence-electron chi connectivity index (χ4n) is 1.08. The van der Waals surface area contributed by atoms with Crippen molar-refractivity contribution in [2.24, 2.45) is 0 Å². The largest absolute Gasteiger partial charge is 0.491 e. The summed E-state index contributed by atoms with van der Waals surface area (Å²) in [5, 5.41) is 15.1. The fraction of sp³-hybridized carbons (Fsp3) is 0.500. The van der Waals surface area contributed by atoms with Gasteiger partial charge in [-0.3, -0.25) is 4.79 Å². The maximum atomic E-state index is 10.8. The highest BCUT2D eigenvalue weighted by molar-refractivity contribution is 5.76. The first-order valence-corrected chi connectivity index (χ1v) is 3.95. The third-order valence-electron chi connectivity index (χ3n) is 1.70. The van der Waals surface area contributed by atoms with E-state index in [0.29, 0.717) is 12.2 Å². The lowest BCUT2D eigenvalue weighted by Gasteiger charge is -2.09. The predicted molar refractivity (Wildman–Crippen MR) is 45.3 cm³/mol. The summed E-state index contributed by atoms with van der Waals surface area (Å²) < 4.78 is 4.80. The topological polar surface area (TPSA) is 75.4 Å². The molecule has 1 rings (SSSR count). The fourth-order valence-corrected chi connectivity index (χ4v) is 1.08. The summed E-state index contributed by atoms with van der Waals surface area (Å²) in [5.41, 5.74) is 0. The smallest absolute Gasteiger partial charge is 0.251 e. The van der Waals surface area contributed by atoms with Crippen molar-refractivity contribution in [3.63, 3.8) is 0 Å². The van der Waals surface area contributed by atoms with Crippen LogP contribution in [0.4, 0.5) is 0 Å². The molecule has 5 nitrogen and oxygen atoms in total. The second-order valence-corrected chi connectivity index (χ2v) is 2.83. The van der Waals surface area contributed by atoms with E-state index >= 15 is 0 Å².